The van der Waals surface area contributed by atoms with Crippen molar-refractivity contribution >= 4 is 29.7 Å². The van der Waals surface area contributed by atoms with Crippen LogP contribution in [0, 0.1) is 0 Å². The highest BCUT2D eigenvalue weighted by atomic mass is 16.3. The van der Waals surface area contributed by atoms with Gasteiger partial charge in [0.2, 0.25) is 23.6 Å². The summed E-state index contributed by atoms with van der Waals surface area (Å²) in [6, 6.07) is 10.2. The topological polar surface area (TPSA) is 218 Å². The molecule has 13 heteroatoms. The number of carbonyl (C=O) groups excluding carboxylic acids is 5. The van der Waals surface area contributed by atoms with Crippen molar-refractivity contribution in [3.8, 4) is 5.75 Å². The summed E-state index contributed by atoms with van der Waals surface area (Å²) in [5.41, 5.74) is 13.0. The van der Waals surface area contributed by atoms with Gasteiger partial charge in [-0.15, -0.1) is 0 Å². The molecule has 10 N–H and O–H groups in total. The molecule has 2 unspecified atom stereocenters. The fourth-order valence-corrected chi connectivity index (χ4v) is 4.12. The Morgan fingerprint density at radius 1 is 0.950 bits per heavy atom. The third kappa shape index (κ3) is 9.27. The number of phenols is 1. The molecule has 0 saturated carbocycles. The number of hydrogen-bond donors (Lipinski definition) is 8. The second-order valence-corrected chi connectivity index (χ2v) is 9.53. The monoisotopic (exact) mass is 553 g/mol. The number of hydrogen-bond acceptors (Lipinski definition) is 7. The third-order valence-electron chi connectivity index (χ3n) is 6.36. The Kier molecular flexibility index (Phi) is 10.8. The minimum Gasteiger partial charge on any atom is -0.508 e. The van der Waals surface area contributed by atoms with E-state index in [4.69, 9.17) is 11.5 Å². The van der Waals surface area contributed by atoms with Crippen molar-refractivity contribution in [1.29, 1.82) is 0 Å². The summed E-state index contributed by atoms with van der Waals surface area (Å²) in [6.45, 7) is -0.0669. The van der Waals surface area contributed by atoms with Crippen molar-refractivity contribution in [3.05, 3.63) is 65.7 Å². The van der Waals surface area contributed by atoms with Crippen molar-refractivity contribution in [2.75, 3.05) is 13.1 Å². The summed E-state index contributed by atoms with van der Waals surface area (Å²) in [6.07, 6.45) is 0.718. The van der Waals surface area contributed by atoms with Crippen LogP contribution in [0.15, 0.2) is 54.6 Å². The number of phenolic OH excluding ortho intramolecular Hbond substituents is 1. The SMILES string of the molecule is NC(=O)C1CNC(=O)NCCCC(NC(=O)[C@@H](N)Cc2ccc(O)cc2)C(=O)N[C@@H](Cc2ccccc2)C(=O)N1. The summed E-state index contributed by atoms with van der Waals surface area (Å²) < 4.78 is 0. The maximum atomic E-state index is 13.4. The van der Waals surface area contributed by atoms with Crippen LogP contribution in [-0.2, 0) is 32.0 Å². The summed E-state index contributed by atoms with van der Waals surface area (Å²) in [4.78, 5) is 63.6. The number of carbonyl (C=O) groups is 5. The van der Waals surface area contributed by atoms with E-state index in [0.717, 1.165) is 11.1 Å². The van der Waals surface area contributed by atoms with Crippen LogP contribution in [0.1, 0.15) is 24.0 Å². The Labute approximate surface area is 231 Å². The van der Waals surface area contributed by atoms with Gasteiger partial charge in [0, 0.05) is 19.5 Å². The van der Waals surface area contributed by atoms with E-state index < -0.39 is 53.8 Å². The molecule has 1 aliphatic heterocycles. The molecule has 1 heterocycles. The molecule has 1 saturated heterocycles. The Morgan fingerprint density at radius 2 is 1.65 bits per heavy atom. The van der Waals surface area contributed by atoms with Gasteiger partial charge in [0.25, 0.3) is 0 Å². The zero-order valence-corrected chi connectivity index (χ0v) is 21.9. The van der Waals surface area contributed by atoms with Gasteiger partial charge >= 0.3 is 6.03 Å². The smallest absolute Gasteiger partial charge is 0.314 e. The number of primary amides is 1. The third-order valence-corrected chi connectivity index (χ3v) is 6.36. The lowest BCUT2D eigenvalue weighted by Crippen LogP contribution is -2.60. The molecule has 2 aromatic carbocycles. The van der Waals surface area contributed by atoms with Crippen LogP contribution in [0.2, 0.25) is 0 Å². The van der Waals surface area contributed by atoms with Crippen LogP contribution in [0.4, 0.5) is 4.79 Å². The summed E-state index contributed by atoms with van der Waals surface area (Å²) in [5.74, 6) is -2.68. The van der Waals surface area contributed by atoms with Crippen molar-refractivity contribution in [2.45, 2.75) is 49.9 Å². The first-order valence-electron chi connectivity index (χ1n) is 12.9. The van der Waals surface area contributed by atoms with Gasteiger partial charge in [0.1, 0.15) is 23.9 Å². The molecule has 0 radical (unpaired) electrons. The van der Waals surface area contributed by atoms with E-state index in [-0.39, 0.29) is 38.1 Å². The molecule has 0 bridgehead atoms. The zero-order chi connectivity index (χ0) is 29.1. The van der Waals surface area contributed by atoms with E-state index in [9.17, 15) is 29.1 Å². The zero-order valence-electron chi connectivity index (χ0n) is 21.9. The van der Waals surface area contributed by atoms with Crippen LogP contribution >= 0.6 is 0 Å². The highest BCUT2D eigenvalue weighted by molar-refractivity contribution is 5.95. The fraction of sp³-hybridized carbons (Fsp3) is 0.370. The van der Waals surface area contributed by atoms with E-state index >= 15 is 0 Å². The quantitative estimate of drug-likeness (QED) is 0.203. The summed E-state index contributed by atoms with van der Waals surface area (Å²) in [5, 5.41) is 22.4. The fourth-order valence-electron chi connectivity index (χ4n) is 4.12. The van der Waals surface area contributed by atoms with E-state index in [1.807, 2.05) is 6.07 Å². The van der Waals surface area contributed by atoms with Gasteiger partial charge in [-0.1, -0.05) is 42.5 Å². The summed E-state index contributed by atoms with van der Waals surface area (Å²) in [7, 11) is 0. The van der Waals surface area contributed by atoms with Gasteiger partial charge < -0.3 is 43.2 Å². The van der Waals surface area contributed by atoms with Crippen LogP contribution in [0.25, 0.3) is 0 Å². The predicted octanol–water partition coefficient (Wildman–Crippen LogP) is -1.46. The minimum atomic E-state index is -1.22. The van der Waals surface area contributed by atoms with Crippen LogP contribution < -0.4 is 38.1 Å². The first-order chi connectivity index (χ1) is 19.1. The van der Waals surface area contributed by atoms with Gasteiger partial charge in [-0.3, -0.25) is 19.2 Å². The molecule has 2 aromatic rings. The van der Waals surface area contributed by atoms with Crippen LogP contribution in [0.5, 0.6) is 5.75 Å². The number of aromatic hydroxyl groups is 1. The van der Waals surface area contributed by atoms with Crippen LogP contribution in [0.3, 0.4) is 0 Å². The number of urea groups is 1. The standard InChI is InChI=1S/C27H35N7O6/c28-19(13-17-8-10-18(35)11-9-17)24(37)32-20-7-4-12-30-27(40)31-15-22(23(29)36)34-26(39)21(33-25(20)38)14-16-5-2-1-3-6-16/h1-3,5-6,8-11,19-22,35H,4,7,12-15,28H2,(H2,29,36)(H,32,37)(H,33,38)(H,34,39)(H2,30,31,40)/t19-,20?,21-,22?/m0/s1. The maximum absolute atomic E-state index is 13.4. The normalized spacial score (nSPS) is 21.4. The van der Waals surface area contributed by atoms with Crippen molar-refractivity contribution in [3.63, 3.8) is 0 Å². The Morgan fingerprint density at radius 3 is 2.33 bits per heavy atom. The number of nitrogens with one attached hydrogen (secondary N) is 5. The van der Waals surface area contributed by atoms with Crippen molar-refractivity contribution in [2.24, 2.45) is 11.5 Å². The van der Waals surface area contributed by atoms with E-state index in [1.165, 1.54) is 12.1 Å². The average Bonchev–Trinajstić information content (AvgIpc) is 2.93. The molecule has 4 atom stereocenters. The molecule has 6 amide bonds. The molecule has 0 aliphatic carbocycles. The van der Waals surface area contributed by atoms with E-state index in [0.29, 0.717) is 6.42 Å². The predicted molar refractivity (Wildman–Crippen MR) is 146 cm³/mol. The molecule has 13 nitrogen and oxygen atoms in total. The maximum Gasteiger partial charge on any atom is 0.314 e. The van der Waals surface area contributed by atoms with Gasteiger partial charge in [-0.25, -0.2) is 4.79 Å². The van der Waals surface area contributed by atoms with Gasteiger partial charge in [-0.2, -0.15) is 0 Å². The Bertz CT molecular complexity index is 1190. The van der Waals surface area contributed by atoms with E-state index in [1.54, 1.807) is 36.4 Å². The molecule has 214 valence electrons. The lowest BCUT2D eigenvalue weighted by atomic mass is 10.0. The Balaban J connectivity index is 1.79. The first kappa shape index (κ1) is 29.9. The largest absolute Gasteiger partial charge is 0.508 e. The highest BCUT2D eigenvalue weighted by Gasteiger charge is 2.30. The number of nitrogens with two attached hydrogens (primary N) is 2. The molecule has 0 spiro atoms. The van der Waals surface area contributed by atoms with Crippen LogP contribution in [-0.4, -0.2) is 72.0 Å². The first-order valence-corrected chi connectivity index (χ1v) is 12.9. The molecule has 3 rings (SSSR count). The number of rotatable bonds is 7. The number of benzene rings is 2. The van der Waals surface area contributed by atoms with Gasteiger partial charge in [0.15, 0.2) is 0 Å². The van der Waals surface area contributed by atoms with Gasteiger partial charge in [-0.05, 0) is 42.5 Å². The highest BCUT2D eigenvalue weighted by Crippen LogP contribution is 2.11. The lowest BCUT2D eigenvalue weighted by Gasteiger charge is -2.26. The molecular weight excluding hydrogens is 518 g/mol. The van der Waals surface area contributed by atoms with Crippen molar-refractivity contribution in [1.82, 2.24) is 26.6 Å². The molecule has 40 heavy (non-hydrogen) atoms. The van der Waals surface area contributed by atoms with E-state index in [2.05, 4.69) is 26.6 Å². The second-order valence-electron chi connectivity index (χ2n) is 9.53. The summed E-state index contributed by atoms with van der Waals surface area (Å²) >= 11 is 0. The number of amides is 6. The second kappa shape index (κ2) is 14.5. The molecular formula is C27H35N7O6. The average molecular weight is 554 g/mol. The Hall–Kier alpha value is -4.65. The van der Waals surface area contributed by atoms with Gasteiger partial charge in [0.05, 0.1) is 6.04 Å². The lowest BCUT2D eigenvalue weighted by molar-refractivity contribution is -0.133. The molecule has 1 aliphatic rings. The molecule has 0 aromatic heterocycles. The molecule has 1 fully saturated rings. The van der Waals surface area contributed by atoms with Crippen molar-refractivity contribution < 1.29 is 29.1 Å². The minimum absolute atomic E-state index is 0.0803.